The maximum atomic E-state index is 10.9. The molecule has 20 heavy (non-hydrogen) atoms. The van der Waals surface area contributed by atoms with Crippen LogP contribution in [0.15, 0.2) is 54.6 Å². The zero-order valence-electron chi connectivity index (χ0n) is 11.0. The first kappa shape index (κ1) is 14.0. The maximum absolute atomic E-state index is 10.9. The number of benzene rings is 2. The SMILES string of the molecule is CC(=O)NC(=S)Nc1ccc(Nc2ccccc2)cc1. The monoisotopic (exact) mass is 285 g/mol. The third-order valence-corrected chi connectivity index (χ3v) is 2.70. The second kappa shape index (κ2) is 6.68. The molecule has 0 heterocycles. The van der Waals surface area contributed by atoms with Gasteiger partial charge < -0.3 is 16.0 Å². The lowest BCUT2D eigenvalue weighted by molar-refractivity contribution is -0.117. The Morgan fingerprint density at radius 1 is 0.900 bits per heavy atom. The van der Waals surface area contributed by atoms with Gasteiger partial charge in [0.15, 0.2) is 5.11 Å². The van der Waals surface area contributed by atoms with Gasteiger partial charge in [0.05, 0.1) is 0 Å². The molecule has 0 fully saturated rings. The van der Waals surface area contributed by atoms with Crippen molar-refractivity contribution < 1.29 is 4.79 Å². The van der Waals surface area contributed by atoms with Gasteiger partial charge in [-0.25, -0.2) is 0 Å². The van der Waals surface area contributed by atoms with E-state index in [4.69, 9.17) is 12.2 Å². The van der Waals surface area contributed by atoms with Crippen LogP contribution in [-0.2, 0) is 4.79 Å². The molecule has 0 atom stereocenters. The fourth-order valence-electron chi connectivity index (χ4n) is 1.65. The number of anilines is 3. The molecular formula is C15H15N3OS. The van der Waals surface area contributed by atoms with E-state index < -0.39 is 0 Å². The number of amides is 1. The molecule has 2 aromatic carbocycles. The summed E-state index contributed by atoms with van der Waals surface area (Å²) in [5.74, 6) is -0.190. The fourth-order valence-corrected chi connectivity index (χ4v) is 1.91. The van der Waals surface area contributed by atoms with Crippen molar-refractivity contribution in [3.63, 3.8) is 0 Å². The quantitative estimate of drug-likeness (QED) is 0.758. The first-order valence-electron chi connectivity index (χ1n) is 6.14. The van der Waals surface area contributed by atoms with Gasteiger partial charge in [-0.1, -0.05) is 18.2 Å². The van der Waals surface area contributed by atoms with E-state index in [9.17, 15) is 4.79 Å². The van der Waals surface area contributed by atoms with Gasteiger partial charge in [0.2, 0.25) is 5.91 Å². The lowest BCUT2D eigenvalue weighted by atomic mass is 10.2. The average molecular weight is 285 g/mol. The van der Waals surface area contributed by atoms with E-state index in [1.165, 1.54) is 6.92 Å². The smallest absolute Gasteiger partial charge is 0.222 e. The van der Waals surface area contributed by atoms with Crippen LogP contribution in [0.1, 0.15) is 6.92 Å². The van der Waals surface area contributed by atoms with Gasteiger partial charge in [-0.2, -0.15) is 0 Å². The molecule has 102 valence electrons. The Kier molecular flexibility index (Phi) is 4.68. The highest BCUT2D eigenvalue weighted by Crippen LogP contribution is 2.18. The zero-order chi connectivity index (χ0) is 14.4. The summed E-state index contributed by atoms with van der Waals surface area (Å²) in [4.78, 5) is 10.9. The highest BCUT2D eigenvalue weighted by molar-refractivity contribution is 7.80. The molecule has 0 aliphatic carbocycles. The maximum Gasteiger partial charge on any atom is 0.222 e. The van der Waals surface area contributed by atoms with Gasteiger partial charge in [0, 0.05) is 24.0 Å². The van der Waals surface area contributed by atoms with E-state index in [1.807, 2.05) is 54.6 Å². The van der Waals surface area contributed by atoms with E-state index in [1.54, 1.807) is 0 Å². The van der Waals surface area contributed by atoms with Crippen molar-refractivity contribution in [1.29, 1.82) is 0 Å². The predicted octanol–water partition coefficient (Wildman–Crippen LogP) is 3.26. The number of thiocarbonyl (C=S) groups is 1. The van der Waals surface area contributed by atoms with Crippen molar-refractivity contribution in [3.8, 4) is 0 Å². The lowest BCUT2D eigenvalue weighted by Crippen LogP contribution is -2.32. The summed E-state index contributed by atoms with van der Waals surface area (Å²) >= 11 is 4.99. The Bertz CT molecular complexity index is 596. The summed E-state index contributed by atoms with van der Waals surface area (Å²) in [6, 6.07) is 17.6. The number of carbonyl (C=O) groups is 1. The minimum Gasteiger partial charge on any atom is -0.356 e. The predicted molar refractivity (Wildman–Crippen MR) is 86.2 cm³/mol. The van der Waals surface area contributed by atoms with Gasteiger partial charge in [-0.3, -0.25) is 4.79 Å². The molecule has 5 heteroatoms. The molecule has 0 aliphatic rings. The minimum atomic E-state index is -0.190. The summed E-state index contributed by atoms with van der Waals surface area (Å²) in [6.07, 6.45) is 0. The van der Waals surface area contributed by atoms with Gasteiger partial charge >= 0.3 is 0 Å². The molecule has 0 aliphatic heterocycles. The van der Waals surface area contributed by atoms with Crippen molar-refractivity contribution in [3.05, 3.63) is 54.6 Å². The number of hydrogen-bond donors (Lipinski definition) is 3. The van der Waals surface area contributed by atoms with Crippen molar-refractivity contribution in [2.75, 3.05) is 10.6 Å². The number of para-hydroxylation sites is 1. The number of nitrogens with one attached hydrogen (secondary N) is 3. The van der Waals surface area contributed by atoms with E-state index >= 15 is 0 Å². The summed E-state index contributed by atoms with van der Waals surface area (Å²) in [6.45, 7) is 1.42. The Hall–Kier alpha value is -2.40. The van der Waals surface area contributed by atoms with Crippen LogP contribution in [-0.4, -0.2) is 11.0 Å². The molecule has 0 spiro atoms. The van der Waals surface area contributed by atoms with Crippen LogP contribution < -0.4 is 16.0 Å². The molecule has 1 amide bonds. The van der Waals surface area contributed by atoms with Crippen LogP contribution in [0.5, 0.6) is 0 Å². The Labute approximate surface area is 123 Å². The average Bonchev–Trinajstić information content (AvgIpc) is 2.41. The number of rotatable bonds is 3. The topological polar surface area (TPSA) is 53.2 Å². The molecular weight excluding hydrogens is 270 g/mol. The lowest BCUT2D eigenvalue weighted by Gasteiger charge is -2.10. The van der Waals surface area contributed by atoms with E-state index in [0.717, 1.165) is 17.1 Å². The fraction of sp³-hybridized carbons (Fsp3) is 0.0667. The first-order valence-corrected chi connectivity index (χ1v) is 6.55. The van der Waals surface area contributed by atoms with Gasteiger partial charge in [-0.15, -0.1) is 0 Å². The van der Waals surface area contributed by atoms with Crippen LogP contribution >= 0.6 is 12.2 Å². The van der Waals surface area contributed by atoms with E-state index in [2.05, 4.69) is 16.0 Å². The molecule has 0 saturated heterocycles. The summed E-state index contributed by atoms with van der Waals surface area (Å²) in [7, 11) is 0. The zero-order valence-corrected chi connectivity index (χ0v) is 11.8. The van der Waals surface area contributed by atoms with Crippen LogP contribution in [0.2, 0.25) is 0 Å². The van der Waals surface area contributed by atoms with Crippen LogP contribution in [0.25, 0.3) is 0 Å². The van der Waals surface area contributed by atoms with Crippen molar-refractivity contribution in [1.82, 2.24) is 5.32 Å². The second-order valence-corrected chi connectivity index (χ2v) is 4.61. The molecule has 2 rings (SSSR count). The molecule has 0 aromatic heterocycles. The summed E-state index contributed by atoms with van der Waals surface area (Å²) in [5, 5.41) is 9.03. The van der Waals surface area contributed by atoms with Crippen LogP contribution in [0.3, 0.4) is 0 Å². The second-order valence-electron chi connectivity index (χ2n) is 4.20. The summed E-state index contributed by atoms with van der Waals surface area (Å²) in [5.41, 5.74) is 2.83. The first-order chi connectivity index (χ1) is 9.63. The van der Waals surface area contributed by atoms with Crippen LogP contribution in [0, 0.1) is 0 Å². The third kappa shape index (κ3) is 4.37. The van der Waals surface area contributed by atoms with Crippen molar-refractivity contribution >= 4 is 40.3 Å². The van der Waals surface area contributed by atoms with Gasteiger partial charge in [-0.05, 0) is 48.6 Å². The van der Waals surface area contributed by atoms with Crippen molar-refractivity contribution in [2.45, 2.75) is 6.92 Å². The summed E-state index contributed by atoms with van der Waals surface area (Å²) < 4.78 is 0. The highest BCUT2D eigenvalue weighted by Gasteiger charge is 2.00. The van der Waals surface area contributed by atoms with Gasteiger partial charge in [0.25, 0.3) is 0 Å². The molecule has 0 unspecified atom stereocenters. The molecule has 3 N–H and O–H groups in total. The Balaban J connectivity index is 1.96. The van der Waals surface area contributed by atoms with E-state index in [0.29, 0.717) is 5.11 Å². The third-order valence-electron chi connectivity index (χ3n) is 2.49. The highest BCUT2D eigenvalue weighted by atomic mass is 32.1. The molecule has 4 nitrogen and oxygen atoms in total. The normalized spacial score (nSPS) is 9.65. The molecule has 0 radical (unpaired) electrons. The Morgan fingerprint density at radius 3 is 2.05 bits per heavy atom. The van der Waals surface area contributed by atoms with Gasteiger partial charge in [0.1, 0.15) is 0 Å². The molecule has 0 bridgehead atoms. The number of carbonyl (C=O) groups excluding carboxylic acids is 1. The van der Waals surface area contributed by atoms with E-state index in [-0.39, 0.29) is 5.91 Å². The molecule has 0 saturated carbocycles. The number of hydrogen-bond acceptors (Lipinski definition) is 3. The van der Waals surface area contributed by atoms with Crippen molar-refractivity contribution in [2.24, 2.45) is 0 Å². The largest absolute Gasteiger partial charge is 0.356 e. The Morgan fingerprint density at radius 2 is 1.45 bits per heavy atom. The van der Waals surface area contributed by atoms with Crippen LogP contribution in [0.4, 0.5) is 17.1 Å². The molecule has 2 aromatic rings. The standard InChI is InChI=1S/C15H15N3OS/c1-11(19)16-15(20)18-14-9-7-13(8-10-14)17-12-5-3-2-4-6-12/h2-10,17H,1H3,(H2,16,18,19,20). The minimum absolute atomic E-state index is 0.190.